The van der Waals surface area contributed by atoms with Gasteiger partial charge in [0.25, 0.3) is 15.9 Å². The summed E-state index contributed by atoms with van der Waals surface area (Å²) < 4.78 is 27.4. The first-order valence-electron chi connectivity index (χ1n) is 8.86. The van der Waals surface area contributed by atoms with Crippen molar-refractivity contribution in [1.82, 2.24) is 5.32 Å². The highest BCUT2D eigenvalue weighted by atomic mass is 35.5. The number of benzene rings is 2. The fraction of sp³-hybridized carbons (Fsp3) is 0.350. The number of carbonyl (C=O) groups excluding carboxylic acids is 1. The van der Waals surface area contributed by atoms with Gasteiger partial charge in [-0.05, 0) is 55.7 Å². The van der Waals surface area contributed by atoms with E-state index >= 15 is 0 Å². The van der Waals surface area contributed by atoms with Gasteiger partial charge in [-0.1, -0.05) is 32.0 Å². The second-order valence-electron chi connectivity index (χ2n) is 7.31. The lowest BCUT2D eigenvalue weighted by Gasteiger charge is -2.31. The van der Waals surface area contributed by atoms with Gasteiger partial charge in [0.2, 0.25) is 0 Å². The quantitative estimate of drug-likeness (QED) is 0.603. The van der Waals surface area contributed by atoms with E-state index in [4.69, 9.17) is 5.73 Å². The largest absolute Gasteiger partial charge is 0.346 e. The van der Waals surface area contributed by atoms with E-state index in [2.05, 4.69) is 23.9 Å². The molecule has 1 amide bonds. The normalized spacial score (nSPS) is 13.3. The summed E-state index contributed by atoms with van der Waals surface area (Å²) in [5.41, 5.74) is 6.19. The molecule has 2 aromatic rings. The molecule has 0 aliphatic carbocycles. The van der Waals surface area contributed by atoms with Crippen LogP contribution in [0.1, 0.15) is 37.6 Å². The molecule has 0 bridgehead atoms. The molecule has 1 atom stereocenters. The average Bonchev–Trinajstić information content (AvgIpc) is 2.61. The summed E-state index contributed by atoms with van der Waals surface area (Å²) in [6.45, 7) is 6.37. The number of nitrogens with two attached hydrogens (primary N) is 1. The van der Waals surface area contributed by atoms with Crippen LogP contribution in [0.2, 0.25) is 0 Å². The topological polar surface area (TPSA) is 101 Å². The summed E-state index contributed by atoms with van der Waals surface area (Å²) in [5, 5.41) is 2.96. The lowest BCUT2D eigenvalue weighted by Crippen LogP contribution is -2.52. The number of anilines is 1. The molecule has 0 radical (unpaired) electrons. The van der Waals surface area contributed by atoms with Gasteiger partial charge in [-0.25, -0.2) is 8.42 Å². The molecule has 0 saturated heterocycles. The van der Waals surface area contributed by atoms with Crippen LogP contribution in [-0.4, -0.2) is 26.4 Å². The minimum Gasteiger partial charge on any atom is -0.346 e. The van der Waals surface area contributed by atoms with Crippen LogP contribution in [-0.2, 0) is 10.0 Å². The summed E-state index contributed by atoms with van der Waals surface area (Å²) in [6, 6.07) is 14.5. The van der Waals surface area contributed by atoms with E-state index in [1.54, 1.807) is 30.3 Å². The highest BCUT2D eigenvalue weighted by Crippen LogP contribution is 2.18. The molecule has 0 aliphatic rings. The predicted octanol–water partition coefficient (Wildman–Crippen LogP) is 3.40. The summed E-state index contributed by atoms with van der Waals surface area (Å²) in [4.78, 5) is 12.6. The maximum Gasteiger partial charge on any atom is 0.261 e. The second kappa shape index (κ2) is 9.91. The Morgan fingerprint density at radius 2 is 1.64 bits per heavy atom. The third-order valence-corrected chi connectivity index (χ3v) is 5.57. The number of rotatable bonds is 8. The van der Waals surface area contributed by atoms with Crippen LogP contribution in [0, 0.1) is 5.92 Å². The Balaban J connectivity index is 0.00000392. The van der Waals surface area contributed by atoms with E-state index in [1.165, 1.54) is 24.3 Å². The van der Waals surface area contributed by atoms with Crippen LogP contribution in [0.25, 0.3) is 0 Å². The van der Waals surface area contributed by atoms with Crippen LogP contribution in [0.5, 0.6) is 0 Å². The SMILES string of the molecule is CC(C)CC(C)(CN)NC(=O)c1ccc(S(=O)(=O)Nc2ccccc2)cc1.Cl. The lowest BCUT2D eigenvalue weighted by molar-refractivity contribution is 0.0898. The van der Waals surface area contributed by atoms with E-state index in [0.717, 1.165) is 6.42 Å². The van der Waals surface area contributed by atoms with Crippen LogP contribution >= 0.6 is 12.4 Å². The van der Waals surface area contributed by atoms with Crippen molar-refractivity contribution >= 4 is 34.0 Å². The molecule has 1 unspecified atom stereocenters. The summed E-state index contributed by atoms with van der Waals surface area (Å²) in [6.07, 6.45) is 0.753. The first-order chi connectivity index (χ1) is 12.6. The fourth-order valence-electron chi connectivity index (χ4n) is 2.94. The Labute approximate surface area is 173 Å². The molecule has 2 aromatic carbocycles. The first kappa shape index (κ1) is 23.9. The molecule has 154 valence electrons. The molecule has 4 N–H and O–H groups in total. The smallest absolute Gasteiger partial charge is 0.261 e. The molecule has 28 heavy (non-hydrogen) atoms. The number of nitrogens with one attached hydrogen (secondary N) is 2. The number of para-hydroxylation sites is 1. The fourth-order valence-corrected chi connectivity index (χ4v) is 4.00. The van der Waals surface area contributed by atoms with Crippen molar-refractivity contribution in [1.29, 1.82) is 0 Å². The number of sulfonamides is 1. The second-order valence-corrected chi connectivity index (χ2v) is 9.00. The van der Waals surface area contributed by atoms with Gasteiger partial charge in [-0.15, -0.1) is 12.4 Å². The number of hydrogen-bond acceptors (Lipinski definition) is 4. The average molecular weight is 426 g/mol. The summed E-state index contributed by atoms with van der Waals surface area (Å²) in [7, 11) is -3.71. The van der Waals surface area contributed by atoms with Crippen molar-refractivity contribution in [3.8, 4) is 0 Å². The van der Waals surface area contributed by atoms with Crippen LogP contribution in [0.15, 0.2) is 59.5 Å². The molecular formula is C20H28ClN3O3S. The zero-order valence-electron chi connectivity index (χ0n) is 16.3. The van der Waals surface area contributed by atoms with E-state index in [-0.39, 0.29) is 23.2 Å². The van der Waals surface area contributed by atoms with Gasteiger partial charge in [0.05, 0.1) is 4.90 Å². The van der Waals surface area contributed by atoms with Crippen molar-refractivity contribution in [3.05, 3.63) is 60.2 Å². The molecular weight excluding hydrogens is 398 g/mol. The zero-order valence-corrected chi connectivity index (χ0v) is 17.9. The minimum atomic E-state index is -3.71. The van der Waals surface area contributed by atoms with Gasteiger partial charge in [0.1, 0.15) is 0 Å². The van der Waals surface area contributed by atoms with Gasteiger partial charge < -0.3 is 11.1 Å². The van der Waals surface area contributed by atoms with Crippen molar-refractivity contribution in [2.45, 2.75) is 37.6 Å². The summed E-state index contributed by atoms with van der Waals surface area (Å²) in [5.74, 6) is 0.110. The van der Waals surface area contributed by atoms with E-state index < -0.39 is 15.6 Å². The Morgan fingerprint density at radius 1 is 1.07 bits per heavy atom. The number of hydrogen-bond donors (Lipinski definition) is 3. The van der Waals surface area contributed by atoms with Gasteiger partial charge in [-0.3, -0.25) is 9.52 Å². The Morgan fingerprint density at radius 3 is 2.14 bits per heavy atom. The van der Waals surface area contributed by atoms with Crippen LogP contribution in [0.4, 0.5) is 5.69 Å². The monoisotopic (exact) mass is 425 g/mol. The van der Waals surface area contributed by atoms with Crippen LogP contribution in [0.3, 0.4) is 0 Å². The standard InChI is InChI=1S/C20H27N3O3S.ClH/c1-15(2)13-20(3,14-21)22-19(24)16-9-11-18(12-10-16)27(25,26)23-17-7-5-4-6-8-17;/h4-12,15,23H,13-14,21H2,1-3H3,(H,22,24);1H. The van der Waals surface area contributed by atoms with Gasteiger partial charge in [0, 0.05) is 23.3 Å². The predicted molar refractivity (Wildman–Crippen MR) is 115 cm³/mol. The molecule has 0 heterocycles. The summed E-state index contributed by atoms with van der Waals surface area (Å²) >= 11 is 0. The van der Waals surface area contributed by atoms with E-state index in [1.807, 2.05) is 6.92 Å². The maximum atomic E-state index is 12.5. The van der Waals surface area contributed by atoms with Gasteiger partial charge in [0.15, 0.2) is 0 Å². The highest BCUT2D eigenvalue weighted by molar-refractivity contribution is 7.92. The molecule has 2 rings (SSSR count). The Hall–Kier alpha value is -2.09. The molecule has 0 fully saturated rings. The van der Waals surface area contributed by atoms with E-state index in [0.29, 0.717) is 23.7 Å². The Kier molecular flexibility index (Phi) is 8.48. The van der Waals surface area contributed by atoms with Gasteiger partial charge in [-0.2, -0.15) is 0 Å². The number of halogens is 1. The van der Waals surface area contributed by atoms with Crippen molar-refractivity contribution in [2.75, 3.05) is 11.3 Å². The zero-order chi connectivity index (χ0) is 20.1. The van der Waals surface area contributed by atoms with Crippen molar-refractivity contribution < 1.29 is 13.2 Å². The molecule has 0 aromatic heterocycles. The first-order valence-corrected chi connectivity index (χ1v) is 10.3. The third kappa shape index (κ3) is 6.51. The molecule has 0 spiro atoms. The lowest BCUT2D eigenvalue weighted by atomic mass is 9.90. The number of carbonyl (C=O) groups is 1. The minimum absolute atomic E-state index is 0. The van der Waals surface area contributed by atoms with Crippen molar-refractivity contribution in [3.63, 3.8) is 0 Å². The molecule has 6 nitrogen and oxygen atoms in total. The van der Waals surface area contributed by atoms with Gasteiger partial charge >= 0.3 is 0 Å². The maximum absolute atomic E-state index is 12.5. The third-order valence-electron chi connectivity index (χ3n) is 4.18. The molecule has 8 heteroatoms. The van der Waals surface area contributed by atoms with Crippen molar-refractivity contribution in [2.24, 2.45) is 11.7 Å². The van der Waals surface area contributed by atoms with Crippen LogP contribution < -0.4 is 15.8 Å². The van der Waals surface area contributed by atoms with E-state index in [9.17, 15) is 13.2 Å². The molecule has 0 aliphatic heterocycles. The number of amides is 1. The Bertz CT molecular complexity index is 871. The molecule has 0 saturated carbocycles. The highest BCUT2D eigenvalue weighted by Gasteiger charge is 2.26.